The summed E-state index contributed by atoms with van der Waals surface area (Å²) in [7, 11) is 3.84. The Hall–Kier alpha value is -2.80. The molecule has 0 N–H and O–H groups in total. The van der Waals surface area contributed by atoms with Gasteiger partial charge in [0.25, 0.3) is 5.66 Å². The zero-order valence-corrected chi connectivity index (χ0v) is 27.5. The highest BCUT2D eigenvalue weighted by molar-refractivity contribution is 7.18. The van der Waals surface area contributed by atoms with Gasteiger partial charge in [-0.1, -0.05) is 65.1 Å². The number of fused-ring (bicyclic) bond motifs is 2. The van der Waals surface area contributed by atoms with Crippen molar-refractivity contribution in [1.29, 1.82) is 5.26 Å². The molecular weight excluding hydrogens is 555 g/mol. The first-order valence-corrected chi connectivity index (χ1v) is 16.3. The number of hydrogen-bond acceptors (Lipinski definition) is 3. The number of allylic oxidation sites excluding steroid dienone is 7. The molecule has 0 spiro atoms. The predicted molar refractivity (Wildman–Crippen MR) is 177 cm³/mol. The summed E-state index contributed by atoms with van der Waals surface area (Å²) in [6, 6.07) is 11.4. The van der Waals surface area contributed by atoms with Gasteiger partial charge in [-0.15, -0.1) is 0 Å². The van der Waals surface area contributed by atoms with Crippen LogP contribution < -0.4 is 0 Å². The van der Waals surface area contributed by atoms with Crippen LogP contribution in [0.4, 0.5) is 8.78 Å². The third-order valence-electron chi connectivity index (χ3n) is 10.1. The van der Waals surface area contributed by atoms with Gasteiger partial charge in [0, 0.05) is 37.3 Å². The van der Waals surface area contributed by atoms with Crippen molar-refractivity contribution in [1.82, 2.24) is 9.80 Å². The number of benzene rings is 1. The van der Waals surface area contributed by atoms with Gasteiger partial charge < -0.3 is 4.90 Å². The molecule has 2 fully saturated rings. The molecule has 2 heterocycles. The average molecular weight is 602 g/mol. The quantitative estimate of drug-likeness (QED) is 0.198. The molecule has 2 saturated heterocycles. The van der Waals surface area contributed by atoms with Crippen LogP contribution in [0.5, 0.6) is 0 Å². The van der Waals surface area contributed by atoms with Crippen LogP contribution in [0.1, 0.15) is 76.8 Å². The van der Waals surface area contributed by atoms with Crippen molar-refractivity contribution in [2.75, 3.05) is 13.6 Å². The maximum absolute atomic E-state index is 15.0. The molecule has 5 atom stereocenters. The van der Waals surface area contributed by atoms with E-state index in [1.165, 1.54) is 39.9 Å². The normalized spacial score (nSPS) is 25.3. The third-order valence-corrected chi connectivity index (χ3v) is 10.6. The van der Waals surface area contributed by atoms with Gasteiger partial charge in [0.1, 0.15) is 0 Å². The molecular formula is C37H46F2N3P. The summed E-state index contributed by atoms with van der Waals surface area (Å²) in [5.41, 5.74) is 8.10. The number of rotatable bonds is 10. The Bertz CT molecular complexity index is 1460. The number of aryl methyl sites for hydroxylation is 1. The molecule has 1 aromatic rings. The summed E-state index contributed by atoms with van der Waals surface area (Å²) in [6.07, 6.45) is 12.8. The van der Waals surface area contributed by atoms with E-state index in [0.29, 0.717) is 24.2 Å². The zero-order chi connectivity index (χ0) is 31.1. The van der Waals surface area contributed by atoms with Crippen molar-refractivity contribution in [3.63, 3.8) is 0 Å². The van der Waals surface area contributed by atoms with Gasteiger partial charge in [-0.05, 0) is 110 Å². The van der Waals surface area contributed by atoms with Crippen molar-refractivity contribution < 1.29 is 8.78 Å². The first-order valence-electron chi connectivity index (χ1n) is 15.8. The Labute approximate surface area is 259 Å². The highest BCUT2D eigenvalue weighted by atomic mass is 31.0. The minimum atomic E-state index is -2.86. The second-order valence-corrected chi connectivity index (χ2v) is 13.9. The third kappa shape index (κ3) is 6.38. The predicted octanol–water partition coefficient (Wildman–Crippen LogP) is 9.13. The van der Waals surface area contributed by atoms with E-state index in [1.807, 2.05) is 46.6 Å². The number of nitrogens with zero attached hydrogens (tertiary/aromatic N) is 3. The van der Waals surface area contributed by atoms with Gasteiger partial charge >= 0.3 is 0 Å². The van der Waals surface area contributed by atoms with Gasteiger partial charge in [0.2, 0.25) is 0 Å². The maximum atomic E-state index is 15.0. The summed E-state index contributed by atoms with van der Waals surface area (Å²) in [5, 5.41) is 9.99. The summed E-state index contributed by atoms with van der Waals surface area (Å²) >= 11 is 0. The lowest BCUT2D eigenvalue weighted by Gasteiger charge is -2.54. The van der Waals surface area contributed by atoms with Crippen LogP contribution >= 0.6 is 9.24 Å². The molecule has 0 saturated carbocycles. The van der Waals surface area contributed by atoms with E-state index in [0.717, 1.165) is 48.9 Å². The summed E-state index contributed by atoms with van der Waals surface area (Å²) in [6.45, 7) is 13.3. The lowest BCUT2D eigenvalue weighted by molar-refractivity contribution is -0.0691. The molecule has 5 unspecified atom stereocenters. The smallest absolute Gasteiger partial charge is 0.263 e. The molecule has 6 heteroatoms. The van der Waals surface area contributed by atoms with E-state index in [1.54, 1.807) is 0 Å². The van der Waals surface area contributed by atoms with Crippen LogP contribution in [0.15, 0.2) is 87.7 Å². The second-order valence-electron chi connectivity index (χ2n) is 13.1. The Morgan fingerprint density at radius 2 is 1.95 bits per heavy atom. The first kappa shape index (κ1) is 31.6. The second kappa shape index (κ2) is 12.7. The first-order chi connectivity index (χ1) is 20.4. The fourth-order valence-corrected chi connectivity index (χ4v) is 7.74. The van der Waals surface area contributed by atoms with Gasteiger partial charge in [-0.2, -0.15) is 5.26 Å². The SMILES string of the molecule is C=C(CC(CN1C2CCCC1C2)C(F)(F)P)N(C)C1C(=C(C)C)C=C(CC)C2=C1C/C2=C\C(C#N)=C/c1ccccc1C. The Morgan fingerprint density at radius 1 is 1.26 bits per heavy atom. The molecule has 1 aromatic carbocycles. The van der Waals surface area contributed by atoms with E-state index in [4.69, 9.17) is 0 Å². The van der Waals surface area contributed by atoms with Gasteiger partial charge in [0.05, 0.1) is 17.7 Å². The molecule has 0 radical (unpaired) electrons. The molecule has 0 amide bonds. The molecule has 4 aliphatic rings. The molecule has 5 rings (SSSR count). The summed E-state index contributed by atoms with van der Waals surface area (Å²) in [5.74, 6) is -0.800. The lowest BCUT2D eigenvalue weighted by Crippen LogP contribution is -2.60. The van der Waals surface area contributed by atoms with Crippen molar-refractivity contribution in [2.45, 2.75) is 96.4 Å². The summed E-state index contributed by atoms with van der Waals surface area (Å²) in [4.78, 5) is 4.48. The Balaban J connectivity index is 1.42. The molecule has 3 nitrogen and oxygen atoms in total. The number of piperidine rings is 1. The minimum Gasteiger partial charge on any atom is -0.367 e. The van der Waals surface area contributed by atoms with Crippen molar-refractivity contribution in [3.05, 3.63) is 98.8 Å². The van der Waals surface area contributed by atoms with Crippen LogP contribution in [0.3, 0.4) is 0 Å². The van der Waals surface area contributed by atoms with Crippen molar-refractivity contribution in [2.24, 2.45) is 5.92 Å². The summed E-state index contributed by atoms with van der Waals surface area (Å²) < 4.78 is 30.0. The molecule has 2 bridgehead atoms. The number of hydrogen-bond donors (Lipinski definition) is 0. The lowest BCUT2D eigenvalue weighted by atomic mass is 9.67. The van der Waals surface area contributed by atoms with E-state index in [2.05, 4.69) is 62.3 Å². The van der Waals surface area contributed by atoms with E-state index < -0.39 is 11.6 Å². The minimum absolute atomic E-state index is 0.0481. The highest BCUT2D eigenvalue weighted by Crippen LogP contribution is 2.50. The van der Waals surface area contributed by atoms with E-state index >= 15 is 0 Å². The maximum Gasteiger partial charge on any atom is 0.263 e. The molecule has 43 heavy (non-hydrogen) atoms. The largest absolute Gasteiger partial charge is 0.367 e. The Kier molecular flexibility index (Phi) is 9.31. The van der Waals surface area contributed by atoms with Crippen LogP contribution in [-0.2, 0) is 0 Å². The molecule has 228 valence electrons. The van der Waals surface area contributed by atoms with Crippen LogP contribution in [0, 0.1) is 24.2 Å². The average Bonchev–Trinajstić information content (AvgIpc) is 2.96. The zero-order valence-electron chi connectivity index (χ0n) is 26.4. The molecule has 0 aromatic heterocycles. The van der Waals surface area contributed by atoms with Crippen LogP contribution in [0.2, 0.25) is 0 Å². The van der Waals surface area contributed by atoms with Crippen LogP contribution in [-0.4, -0.2) is 47.2 Å². The van der Waals surface area contributed by atoms with Gasteiger partial charge in [-0.3, -0.25) is 4.90 Å². The number of halogens is 2. The topological polar surface area (TPSA) is 30.3 Å². The van der Waals surface area contributed by atoms with Gasteiger partial charge in [-0.25, -0.2) is 8.78 Å². The van der Waals surface area contributed by atoms with Crippen molar-refractivity contribution in [3.8, 4) is 6.07 Å². The fourth-order valence-electron chi connectivity index (χ4n) is 7.51. The van der Waals surface area contributed by atoms with Gasteiger partial charge in [0.15, 0.2) is 0 Å². The molecule has 2 aliphatic carbocycles. The van der Waals surface area contributed by atoms with E-state index in [-0.39, 0.29) is 12.5 Å². The number of nitriles is 1. The van der Waals surface area contributed by atoms with E-state index in [9.17, 15) is 14.0 Å². The van der Waals surface area contributed by atoms with Crippen LogP contribution in [0.25, 0.3) is 6.08 Å². The monoisotopic (exact) mass is 601 g/mol. The standard InChI is InChI=1S/C37H46F2N3P/c1-7-27-18-33(23(2)3)36(34-19-29(35(27)34)17-26(21-40)16-28-12-9-8-11-24(28)4)41(6)25(5)15-30(37(38,39)43)22-42-31-13-10-14-32(42)20-31/h8-9,11-12,16-18,30-32,36H,5,7,10,13-15,19-20,22,43H2,1-4,6H3/b26-16+,29-17+. The number of likely N-dealkylation sites (N-methyl/N-ethyl adjacent to an activating group) is 1. The highest BCUT2D eigenvalue weighted by Gasteiger charge is 2.46. The van der Waals surface area contributed by atoms with Crippen molar-refractivity contribution >= 4 is 15.3 Å². The Morgan fingerprint density at radius 3 is 2.53 bits per heavy atom. The molecule has 2 aliphatic heterocycles. The number of alkyl halides is 2. The fraction of sp³-hybridized carbons (Fsp3) is 0.486.